The average molecular weight is 447 g/mol. The molecule has 0 bridgehead atoms. The molecule has 30 heavy (non-hydrogen) atoms. The number of rotatable bonds is 9. The van der Waals surface area contributed by atoms with Crippen LogP contribution in [-0.2, 0) is 17.9 Å². The van der Waals surface area contributed by atoms with Crippen LogP contribution in [0.3, 0.4) is 0 Å². The number of nitrogens with one attached hydrogen (secondary N) is 1. The number of carbonyl (C=O) groups is 1. The molecule has 3 aromatic rings. The predicted molar refractivity (Wildman–Crippen MR) is 113 cm³/mol. The molecule has 1 aliphatic carbocycles. The van der Waals surface area contributed by atoms with Crippen LogP contribution in [0.2, 0.25) is 5.02 Å². The van der Waals surface area contributed by atoms with Gasteiger partial charge in [-0.3, -0.25) is 9.36 Å². The number of hydrogen-bond donors (Lipinski definition) is 1. The second kappa shape index (κ2) is 9.49. The monoisotopic (exact) mass is 446 g/mol. The van der Waals surface area contributed by atoms with E-state index < -0.39 is 0 Å². The van der Waals surface area contributed by atoms with E-state index >= 15 is 0 Å². The highest BCUT2D eigenvalue weighted by Crippen LogP contribution is 2.39. The van der Waals surface area contributed by atoms with Gasteiger partial charge in [0.05, 0.1) is 10.8 Å². The summed E-state index contributed by atoms with van der Waals surface area (Å²) in [6.45, 7) is 0.608. The first-order valence-corrected chi connectivity index (χ1v) is 10.9. The summed E-state index contributed by atoms with van der Waals surface area (Å²) in [7, 11) is 0. The summed E-state index contributed by atoms with van der Waals surface area (Å²) in [4.78, 5) is 12.2. The first kappa shape index (κ1) is 20.7. The molecule has 9 heteroatoms. The van der Waals surface area contributed by atoms with Gasteiger partial charge in [-0.05, 0) is 42.7 Å². The molecular weight excluding hydrogens is 427 g/mol. The normalized spacial score (nSPS) is 13.3. The fourth-order valence-corrected chi connectivity index (χ4v) is 3.94. The van der Waals surface area contributed by atoms with E-state index in [2.05, 4.69) is 20.1 Å². The van der Waals surface area contributed by atoms with Crippen LogP contribution in [-0.4, -0.2) is 26.4 Å². The smallest absolute Gasteiger partial charge is 0.230 e. The number of nitrogens with zero attached hydrogens (tertiary/aromatic N) is 3. The molecule has 1 saturated carbocycles. The Morgan fingerprint density at radius 3 is 2.70 bits per heavy atom. The van der Waals surface area contributed by atoms with Gasteiger partial charge in [-0.2, -0.15) is 0 Å². The van der Waals surface area contributed by atoms with Crippen molar-refractivity contribution in [1.29, 1.82) is 0 Å². The van der Waals surface area contributed by atoms with Gasteiger partial charge in [0.15, 0.2) is 11.0 Å². The molecule has 1 amide bonds. The van der Waals surface area contributed by atoms with Crippen molar-refractivity contribution < 1.29 is 13.9 Å². The Morgan fingerprint density at radius 1 is 1.20 bits per heavy atom. The van der Waals surface area contributed by atoms with Crippen LogP contribution < -0.4 is 10.1 Å². The molecule has 1 fully saturated rings. The molecule has 156 valence electrons. The number of halogens is 2. The second-order valence-electron chi connectivity index (χ2n) is 6.91. The van der Waals surface area contributed by atoms with Crippen molar-refractivity contribution in [2.45, 2.75) is 37.2 Å². The van der Waals surface area contributed by atoms with Crippen molar-refractivity contribution in [3.8, 4) is 5.75 Å². The molecule has 0 atom stereocenters. The highest BCUT2D eigenvalue weighted by molar-refractivity contribution is 7.99. The maximum Gasteiger partial charge on any atom is 0.230 e. The fourth-order valence-electron chi connectivity index (χ4n) is 2.89. The molecule has 1 aliphatic rings. The quantitative estimate of drug-likeness (QED) is 0.493. The molecule has 1 heterocycles. The molecular formula is C21H20ClFN4O2S. The minimum Gasteiger partial charge on any atom is -0.484 e. The van der Waals surface area contributed by atoms with E-state index in [1.807, 2.05) is 12.1 Å². The molecule has 2 aromatic carbocycles. The average Bonchev–Trinajstić information content (AvgIpc) is 3.51. The summed E-state index contributed by atoms with van der Waals surface area (Å²) in [5, 5.41) is 12.6. The lowest BCUT2D eigenvalue weighted by molar-refractivity contribution is -0.118. The van der Waals surface area contributed by atoms with Gasteiger partial charge in [-0.15, -0.1) is 10.2 Å². The molecule has 6 nitrogen and oxygen atoms in total. The van der Waals surface area contributed by atoms with Gasteiger partial charge in [0, 0.05) is 12.6 Å². The Bertz CT molecular complexity index is 1020. The number of benzene rings is 2. The molecule has 0 unspecified atom stereocenters. The van der Waals surface area contributed by atoms with Gasteiger partial charge in [-0.25, -0.2) is 4.39 Å². The van der Waals surface area contributed by atoms with Gasteiger partial charge in [0.25, 0.3) is 0 Å². The second-order valence-corrected chi connectivity index (χ2v) is 8.26. The lowest BCUT2D eigenvalue weighted by atomic mass is 10.2. The Hall–Kier alpha value is -2.58. The lowest BCUT2D eigenvalue weighted by Crippen LogP contribution is -2.24. The number of para-hydroxylation sites is 1. The molecule has 4 rings (SSSR count). The Morgan fingerprint density at radius 2 is 1.97 bits per heavy atom. The first-order valence-electron chi connectivity index (χ1n) is 9.55. The minimum atomic E-state index is -0.297. The number of carbonyl (C=O) groups excluding carboxylic acids is 1. The zero-order chi connectivity index (χ0) is 20.9. The van der Waals surface area contributed by atoms with Crippen molar-refractivity contribution in [3.63, 3.8) is 0 Å². The van der Waals surface area contributed by atoms with Gasteiger partial charge < -0.3 is 10.1 Å². The van der Waals surface area contributed by atoms with E-state index in [1.165, 1.54) is 23.9 Å². The Kier molecular flexibility index (Phi) is 6.54. The van der Waals surface area contributed by atoms with Gasteiger partial charge in [0.1, 0.15) is 18.2 Å². The maximum absolute atomic E-state index is 13.0. The van der Waals surface area contributed by atoms with Gasteiger partial charge in [0.2, 0.25) is 5.91 Å². The Balaban J connectivity index is 1.33. The fraction of sp³-hybridized carbons (Fsp3) is 0.286. The van der Waals surface area contributed by atoms with E-state index in [1.54, 1.807) is 24.3 Å². The van der Waals surface area contributed by atoms with Gasteiger partial charge in [-0.1, -0.05) is 47.6 Å². The molecule has 0 spiro atoms. The third-order valence-corrected chi connectivity index (χ3v) is 5.83. The minimum absolute atomic E-state index is 0.122. The van der Waals surface area contributed by atoms with E-state index in [-0.39, 0.29) is 24.1 Å². The standard InChI is InChI=1S/C21H20ClFN4O2S/c22-17-3-1-2-4-18(17)29-12-19-25-26-21(27(19)16-9-10-16)30-13-20(28)24-11-14-5-7-15(23)8-6-14/h1-8,16H,9-13H2,(H,24,28). The third kappa shape index (κ3) is 5.31. The van der Waals surface area contributed by atoms with E-state index in [0.717, 1.165) is 18.4 Å². The van der Waals surface area contributed by atoms with Crippen LogP contribution in [0.1, 0.15) is 30.3 Å². The number of thioether (sulfide) groups is 1. The van der Waals surface area contributed by atoms with Gasteiger partial charge >= 0.3 is 0 Å². The largest absolute Gasteiger partial charge is 0.484 e. The van der Waals surface area contributed by atoms with Crippen molar-refractivity contribution in [3.05, 3.63) is 70.8 Å². The van der Waals surface area contributed by atoms with Crippen molar-refractivity contribution in [2.24, 2.45) is 0 Å². The molecule has 1 N–H and O–H groups in total. The summed E-state index contributed by atoms with van der Waals surface area (Å²) >= 11 is 7.48. The van der Waals surface area contributed by atoms with Crippen molar-refractivity contribution in [2.75, 3.05) is 5.75 Å². The molecule has 0 aliphatic heterocycles. The van der Waals surface area contributed by atoms with E-state index in [0.29, 0.717) is 34.3 Å². The SMILES string of the molecule is O=C(CSc1nnc(COc2ccccc2Cl)n1C1CC1)NCc1ccc(F)cc1. The third-order valence-electron chi connectivity index (χ3n) is 4.58. The molecule has 1 aromatic heterocycles. The topological polar surface area (TPSA) is 69.0 Å². The number of ether oxygens (including phenoxy) is 1. The predicted octanol–water partition coefficient (Wildman–Crippen LogP) is 4.39. The highest BCUT2D eigenvalue weighted by atomic mass is 35.5. The van der Waals surface area contributed by atoms with Crippen LogP contribution >= 0.6 is 23.4 Å². The number of hydrogen-bond acceptors (Lipinski definition) is 5. The summed E-state index contributed by atoms with van der Waals surface area (Å²) in [5.41, 5.74) is 0.843. The van der Waals surface area contributed by atoms with Crippen LogP contribution in [0.5, 0.6) is 5.75 Å². The zero-order valence-electron chi connectivity index (χ0n) is 16.1. The summed E-state index contributed by atoms with van der Waals surface area (Å²) in [6.07, 6.45) is 2.11. The zero-order valence-corrected chi connectivity index (χ0v) is 17.6. The first-order chi connectivity index (χ1) is 14.6. The lowest BCUT2D eigenvalue weighted by Gasteiger charge is -2.11. The van der Waals surface area contributed by atoms with Crippen molar-refractivity contribution >= 4 is 29.3 Å². The Labute approximate surface area is 182 Å². The summed E-state index contributed by atoms with van der Waals surface area (Å²) in [6, 6.07) is 13.7. The summed E-state index contributed by atoms with van der Waals surface area (Å²) in [5.74, 6) is 1.11. The maximum atomic E-state index is 13.0. The van der Waals surface area contributed by atoms with E-state index in [4.69, 9.17) is 16.3 Å². The van der Waals surface area contributed by atoms with Crippen LogP contribution in [0, 0.1) is 5.82 Å². The van der Waals surface area contributed by atoms with Crippen LogP contribution in [0.25, 0.3) is 0 Å². The molecule has 0 saturated heterocycles. The summed E-state index contributed by atoms with van der Waals surface area (Å²) < 4.78 is 20.8. The molecule has 0 radical (unpaired) electrons. The number of amides is 1. The highest BCUT2D eigenvalue weighted by Gasteiger charge is 2.30. The van der Waals surface area contributed by atoms with Crippen molar-refractivity contribution in [1.82, 2.24) is 20.1 Å². The number of aromatic nitrogens is 3. The van der Waals surface area contributed by atoms with E-state index in [9.17, 15) is 9.18 Å². The van der Waals surface area contributed by atoms with Crippen LogP contribution in [0.15, 0.2) is 53.7 Å². The van der Waals surface area contributed by atoms with Crippen LogP contribution in [0.4, 0.5) is 4.39 Å².